The number of nitrogens with zero attached hydrogens (tertiary/aromatic N) is 2. The Kier molecular flexibility index (Phi) is 4.62. The summed E-state index contributed by atoms with van der Waals surface area (Å²) in [7, 11) is 0. The second-order valence-corrected chi connectivity index (χ2v) is 6.02. The molecule has 1 saturated carbocycles. The van der Waals surface area contributed by atoms with Crippen molar-refractivity contribution in [2.75, 3.05) is 6.61 Å². The van der Waals surface area contributed by atoms with Crippen molar-refractivity contribution < 1.29 is 14.6 Å². The highest BCUT2D eigenvalue weighted by molar-refractivity contribution is 9.10. The number of carbonyl (C=O) groups is 1. The van der Waals surface area contributed by atoms with Crippen molar-refractivity contribution in [1.29, 1.82) is 0 Å². The lowest BCUT2D eigenvalue weighted by Crippen LogP contribution is -2.40. The maximum atomic E-state index is 11.6. The van der Waals surface area contributed by atoms with Crippen LogP contribution in [0.2, 0.25) is 0 Å². The van der Waals surface area contributed by atoms with Gasteiger partial charge in [-0.25, -0.2) is 0 Å². The predicted molar refractivity (Wildman–Crippen MR) is 73.5 cm³/mol. The van der Waals surface area contributed by atoms with Crippen LogP contribution < -0.4 is 0 Å². The van der Waals surface area contributed by atoms with E-state index in [1.807, 2.05) is 13.1 Å². The summed E-state index contributed by atoms with van der Waals surface area (Å²) in [4.78, 5) is 11.6. The first kappa shape index (κ1) is 14.5. The van der Waals surface area contributed by atoms with Crippen LogP contribution in [0.4, 0.5) is 0 Å². The van der Waals surface area contributed by atoms with E-state index >= 15 is 0 Å². The number of esters is 1. The third kappa shape index (κ3) is 3.79. The minimum atomic E-state index is -0.769. The number of carbonyl (C=O) groups excluding carboxylic acids is 1. The Morgan fingerprint density at radius 2 is 2.32 bits per heavy atom. The van der Waals surface area contributed by atoms with E-state index in [0.717, 1.165) is 4.47 Å². The van der Waals surface area contributed by atoms with Gasteiger partial charge >= 0.3 is 5.97 Å². The van der Waals surface area contributed by atoms with Gasteiger partial charge in [-0.05, 0) is 48.5 Å². The molecule has 5 nitrogen and oxygen atoms in total. The lowest BCUT2D eigenvalue weighted by molar-refractivity contribution is -0.151. The largest absolute Gasteiger partial charge is 0.466 e. The standard InChI is InChI=1S/C13H19BrN2O3/c1-2-19-12(17)10-3-5-13(18,6-4-10)9-16-8-11(14)7-15-16/h7-8,10,18H,2-6,9H2,1H3. The Morgan fingerprint density at radius 1 is 1.63 bits per heavy atom. The molecule has 2 rings (SSSR count). The van der Waals surface area contributed by atoms with Crippen LogP contribution in [0.25, 0.3) is 0 Å². The van der Waals surface area contributed by atoms with Gasteiger partial charge in [0.25, 0.3) is 0 Å². The van der Waals surface area contributed by atoms with Crippen LogP contribution in [-0.2, 0) is 16.1 Å². The Labute approximate surface area is 121 Å². The summed E-state index contributed by atoms with van der Waals surface area (Å²) in [6.07, 6.45) is 6.11. The van der Waals surface area contributed by atoms with Gasteiger partial charge in [-0.15, -0.1) is 0 Å². The number of hydrogen-bond acceptors (Lipinski definition) is 4. The molecular formula is C13H19BrN2O3. The van der Waals surface area contributed by atoms with Crippen molar-refractivity contribution in [3.8, 4) is 0 Å². The summed E-state index contributed by atoms with van der Waals surface area (Å²) >= 11 is 3.33. The van der Waals surface area contributed by atoms with Gasteiger partial charge in [0.1, 0.15) is 0 Å². The third-order valence-electron chi connectivity index (χ3n) is 3.59. The summed E-state index contributed by atoms with van der Waals surface area (Å²) in [5.74, 6) is -0.198. The van der Waals surface area contributed by atoms with E-state index in [4.69, 9.17) is 4.74 Å². The van der Waals surface area contributed by atoms with E-state index in [1.54, 1.807) is 10.9 Å². The minimum absolute atomic E-state index is 0.0652. The highest BCUT2D eigenvalue weighted by Gasteiger charge is 2.36. The molecule has 1 heterocycles. The van der Waals surface area contributed by atoms with E-state index in [-0.39, 0.29) is 11.9 Å². The minimum Gasteiger partial charge on any atom is -0.466 e. The molecular weight excluding hydrogens is 312 g/mol. The first-order chi connectivity index (χ1) is 9.02. The quantitative estimate of drug-likeness (QED) is 0.859. The summed E-state index contributed by atoms with van der Waals surface area (Å²) in [6, 6.07) is 0. The molecule has 0 radical (unpaired) electrons. The average molecular weight is 331 g/mol. The predicted octanol–water partition coefficient (Wildman–Crippen LogP) is 2.13. The van der Waals surface area contributed by atoms with E-state index in [0.29, 0.717) is 38.8 Å². The molecule has 1 fully saturated rings. The van der Waals surface area contributed by atoms with Crippen molar-refractivity contribution in [1.82, 2.24) is 9.78 Å². The summed E-state index contributed by atoms with van der Waals surface area (Å²) in [6.45, 7) is 2.70. The van der Waals surface area contributed by atoms with Crippen molar-refractivity contribution in [3.63, 3.8) is 0 Å². The van der Waals surface area contributed by atoms with Gasteiger partial charge in [-0.2, -0.15) is 5.10 Å². The zero-order valence-corrected chi connectivity index (χ0v) is 12.6. The number of ether oxygens (including phenoxy) is 1. The lowest BCUT2D eigenvalue weighted by atomic mass is 9.79. The van der Waals surface area contributed by atoms with E-state index in [9.17, 15) is 9.90 Å². The molecule has 1 N–H and O–H groups in total. The summed E-state index contributed by atoms with van der Waals surface area (Å²) in [5, 5.41) is 14.7. The Morgan fingerprint density at radius 3 is 2.84 bits per heavy atom. The molecule has 6 heteroatoms. The molecule has 0 spiro atoms. The smallest absolute Gasteiger partial charge is 0.308 e. The zero-order chi connectivity index (χ0) is 13.9. The second-order valence-electron chi connectivity index (χ2n) is 5.11. The summed E-state index contributed by atoms with van der Waals surface area (Å²) in [5.41, 5.74) is -0.769. The number of halogens is 1. The van der Waals surface area contributed by atoms with Crippen LogP contribution in [0.3, 0.4) is 0 Å². The van der Waals surface area contributed by atoms with Gasteiger partial charge in [0.05, 0.1) is 35.3 Å². The van der Waals surface area contributed by atoms with Crippen LogP contribution in [0.5, 0.6) is 0 Å². The molecule has 0 atom stereocenters. The van der Waals surface area contributed by atoms with E-state index < -0.39 is 5.60 Å². The molecule has 1 aromatic heterocycles. The van der Waals surface area contributed by atoms with Crippen LogP contribution in [0.15, 0.2) is 16.9 Å². The highest BCUT2D eigenvalue weighted by Crippen LogP contribution is 2.34. The molecule has 1 aliphatic rings. The van der Waals surface area contributed by atoms with Crippen LogP contribution in [0, 0.1) is 5.92 Å². The average Bonchev–Trinajstić information content (AvgIpc) is 2.75. The van der Waals surface area contributed by atoms with Crippen molar-refractivity contribution >= 4 is 21.9 Å². The molecule has 1 aromatic rings. The number of aromatic nitrogens is 2. The molecule has 0 amide bonds. The van der Waals surface area contributed by atoms with Crippen LogP contribution >= 0.6 is 15.9 Å². The fourth-order valence-corrected chi connectivity index (χ4v) is 2.86. The van der Waals surface area contributed by atoms with Gasteiger partial charge in [-0.3, -0.25) is 9.48 Å². The maximum Gasteiger partial charge on any atom is 0.308 e. The molecule has 0 saturated heterocycles. The molecule has 0 bridgehead atoms. The van der Waals surface area contributed by atoms with Crippen LogP contribution in [-0.4, -0.2) is 33.1 Å². The van der Waals surface area contributed by atoms with Crippen molar-refractivity contribution in [2.45, 2.75) is 44.8 Å². The van der Waals surface area contributed by atoms with Crippen molar-refractivity contribution in [3.05, 3.63) is 16.9 Å². The van der Waals surface area contributed by atoms with E-state index in [1.165, 1.54) is 0 Å². The molecule has 0 aromatic carbocycles. The van der Waals surface area contributed by atoms with E-state index in [2.05, 4.69) is 21.0 Å². The topological polar surface area (TPSA) is 64.3 Å². The first-order valence-corrected chi connectivity index (χ1v) is 7.39. The first-order valence-electron chi connectivity index (χ1n) is 6.59. The zero-order valence-electron chi connectivity index (χ0n) is 11.0. The summed E-state index contributed by atoms with van der Waals surface area (Å²) < 4.78 is 7.66. The van der Waals surface area contributed by atoms with Crippen molar-refractivity contribution in [2.24, 2.45) is 5.92 Å². The molecule has 0 aliphatic heterocycles. The van der Waals surface area contributed by atoms with Gasteiger partial charge in [0.2, 0.25) is 0 Å². The van der Waals surface area contributed by atoms with Gasteiger partial charge in [0.15, 0.2) is 0 Å². The molecule has 19 heavy (non-hydrogen) atoms. The number of aliphatic hydroxyl groups is 1. The molecule has 106 valence electrons. The SMILES string of the molecule is CCOC(=O)C1CCC(O)(Cn2cc(Br)cn2)CC1. The maximum absolute atomic E-state index is 11.6. The fourth-order valence-electron chi connectivity index (χ4n) is 2.54. The fraction of sp³-hybridized carbons (Fsp3) is 0.692. The Hall–Kier alpha value is -0.880. The Bertz CT molecular complexity index is 439. The van der Waals surface area contributed by atoms with Gasteiger partial charge in [-0.1, -0.05) is 0 Å². The van der Waals surface area contributed by atoms with Gasteiger partial charge < -0.3 is 9.84 Å². The number of hydrogen-bond donors (Lipinski definition) is 1. The Balaban J connectivity index is 1.89. The monoisotopic (exact) mass is 330 g/mol. The lowest BCUT2D eigenvalue weighted by Gasteiger charge is -2.34. The third-order valence-corrected chi connectivity index (χ3v) is 4.00. The second kappa shape index (κ2) is 6.05. The van der Waals surface area contributed by atoms with Crippen LogP contribution in [0.1, 0.15) is 32.6 Å². The van der Waals surface area contributed by atoms with Gasteiger partial charge in [0, 0.05) is 6.20 Å². The normalized spacial score (nSPS) is 27.2. The molecule has 1 aliphatic carbocycles. The highest BCUT2D eigenvalue weighted by atomic mass is 79.9. The molecule has 0 unspecified atom stereocenters. The number of rotatable bonds is 4.